The van der Waals surface area contributed by atoms with Crippen LogP contribution in [0.1, 0.15) is 6.23 Å². The molecule has 1 aliphatic heterocycles. The molecular formula is C12H18ClN5O7S. The van der Waals surface area contributed by atoms with Gasteiger partial charge in [0.2, 0.25) is 0 Å². The van der Waals surface area contributed by atoms with E-state index in [0.29, 0.717) is 16.9 Å². The highest BCUT2D eigenvalue weighted by atomic mass is 35.7. The van der Waals surface area contributed by atoms with Crippen LogP contribution in [0.3, 0.4) is 0 Å². The summed E-state index contributed by atoms with van der Waals surface area (Å²) in [5.41, 5.74) is 6.68. The van der Waals surface area contributed by atoms with Gasteiger partial charge in [0.1, 0.15) is 35.9 Å². The topological polar surface area (TPSA) is 212 Å². The molecule has 0 aromatic carbocycles. The molecule has 146 valence electrons. The number of fused-ring (bicyclic) bond motifs is 1. The van der Waals surface area contributed by atoms with E-state index in [1.165, 1.54) is 12.7 Å². The first-order valence-electron chi connectivity index (χ1n) is 7.09. The first kappa shape index (κ1) is 21.0. The monoisotopic (exact) mass is 411 g/mol. The summed E-state index contributed by atoms with van der Waals surface area (Å²) in [5, 5.41) is 20.4. The molecule has 12 nitrogen and oxygen atoms in total. The van der Waals surface area contributed by atoms with Gasteiger partial charge in [0.15, 0.2) is 17.7 Å². The van der Waals surface area contributed by atoms with E-state index in [1.807, 2.05) is 0 Å². The number of nitrogen functional groups attached to an aromatic ring is 1. The van der Waals surface area contributed by atoms with Gasteiger partial charge in [-0.15, -0.1) is 10.2 Å². The molecule has 0 aliphatic carbocycles. The Morgan fingerprint density at radius 1 is 1.19 bits per heavy atom. The summed E-state index contributed by atoms with van der Waals surface area (Å²) in [6, 6.07) is 0. The minimum atomic E-state index is -4.94. The third-order valence-corrected chi connectivity index (χ3v) is 4.49. The highest BCUT2D eigenvalue weighted by molar-refractivity contribution is 7.95. The number of imidazole rings is 1. The van der Waals surface area contributed by atoms with Crippen molar-refractivity contribution in [2.24, 2.45) is 0 Å². The number of hydrogen-bond acceptors (Lipinski definition) is 11. The molecule has 0 unspecified atom stereocenters. The lowest BCUT2D eigenvalue weighted by atomic mass is 10.1. The molecule has 2 aromatic heterocycles. The Morgan fingerprint density at radius 3 is 2.38 bits per heavy atom. The van der Waals surface area contributed by atoms with Gasteiger partial charge >= 0.3 is 0 Å². The number of halogens is 1. The zero-order valence-electron chi connectivity index (χ0n) is 13.8. The first-order chi connectivity index (χ1) is 12.0. The summed E-state index contributed by atoms with van der Waals surface area (Å²) in [7, 11) is -4.84. The lowest BCUT2D eigenvalue weighted by Gasteiger charge is -2.17. The molecule has 0 bridgehead atoms. The molecule has 26 heavy (non-hydrogen) atoms. The van der Waals surface area contributed by atoms with Crippen molar-refractivity contribution in [2.45, 2.75) is 24.5 Å². The van der Waals surface area contributed by atoms with Crippen LogP contribution in [0.4, 0.5) is 5.82 Å². The normalized spacial score (nSPS) is 26.2. The predicted octanol–water partition coefficient (Wildman–Crippen LogP) is -5.85. The Labute approximate surface area is 153 Å². The Balaban J connectivity index is 0.000000431. The van der Waals surface area contributed by atoms with Gasteiger partial charge in [-0.1, -0.05) is 0 Å². The van der Waals surface area contributed by atoms with Gasteiger partial charge in [-0.25, -0.2) is 33.6 Å². The number of anilines is 1. The molecule has 14 heteroatoms. The highest BCUT2D eigenvalue weighted by Gasteiger charge is 2.46. The van der Waals surface area contributed by atoms with Crippen LogP contribution >= 0.6 is 0 Å². The standard InChI is InChI=1S/C12H18N5O3S.ClHO4/c1-21(2)3-6-8(18)9(19)12(20-6)17-5-16-7-10(13)14-4-15-11(7)17;2-1(3,4)5/h4-6,8-9,12,18-19H,3H2,1-2H3,(H2,13,14,15);(H,2,3,4,5)/q+1;/p-1/t6-,8-,9-,12-;/m1./s1. The van der Waals surface area contributed by atoms with Crippen LogP contribution in [0.5, 0.6) is 0 Å². The highest BCUT2D eigenvalue weighted by Crippen LogP contribution is 2.32. The van der Waals surface area contributed by atoms with Crippen LogP contribution in [0.2, 0.25) is 0 Å². The molecular weight excluding hydrogens is 394 g/mol. The number of aliphatic hydroxyl groups excluding tert-OH is 2. The Bertz CT molecular complexity index is 736. The molecule has 3 heterocycles. The first-order valence-corrected chi connectivity index (χ1v) is 10.5. The second kappa shape index (κ2) is 8.16. The predicted molar refractivity (Wildman–Crippen MR) is 79.7 cm³/mol. The van der Waals surface area contributed by atoms with Crippen LogP contribution < -0.4 is 24.4 Å². The quantitative estimate of drug-likeness (QED) is 0.404. The Hall–Kier alpha value is -1.29. The second-order valence-electron chi connectivity index (χ2n) is 5.66. The lowest BCUT2D eigenvalue weighted by Crippen LogP contribution is -2.68. The van der Waals surface area contributed by atoms with E-state index in [-0.39, 0.29) is 16.7 Å². The van der Waals surface area contributed by atoms with Crippen molar-refractivity contribution in [3.8, 4) is 0 Å². The Kier molecular flexibility index (Phi) is 6.60. The molecule has 0 radical (unpaired) electrons. The van der Waals surface area contributed by atoms with E-state index < -0.39 is 34.8 Å². The van der Waals surface area contributed by atoms with Crippen molar-refractivity contribution >= 4 is 27.9 Å². The van der Waals surface area contributed by atoms with Crippen LogP contribution in [-0.4, -0.2) is 66.3 Å². The van der Waals surface area contributed by atoms with Crippen molar-refractivity contribution in [3.63, 3.8) is 0 Å². The molecule has 3 rings (SSSR count). The zero-order chi connectivity index (χ0) is 19.6. The molecule has 0 spiro atoms. The maximum Gasteiger partial charge on any atom is 0.167 e. The maximum atomic E-state index is 10.2. The van der Waals surface area contributed by atoms with Crippen molar-refractivity contribution < 1.29 is 43.8 Å². The largest absolute Gasteiger partial charge is 0.387 e. The van der Waals surface area contributed by atoms with Gasteiger partial charge in [0.25, 0.3) is 0 Å². The van der Waals surface area contributed by atoms with Gasteiger partial charge in [-0.05, 0) is 10.9 Å². The number of aliphatic hydroxyl groups is 2. The maximum absolute atomic E-state index is 10.2. The van der Waals surface area contributed by atoms with E-state index >= 15 is 0 Å². The number of nitrogens with zero attached hydrogens (tertiary/aromatic N) is 4. The minimum Gasteiger partial charge on any atom is -0.387 e. The minimum absolute atomic E-state index is 0.0998. The smallest absolute Gasteiger partial charge is 0.167 e. The van der Waals surface area contributed by atoms with Crippen LogP contribution in [-0.2, 0) is 15.6 Å². The summed E-state index contributed by atoms with van der Waals surface area (Å²) in [6.45, 7) is 0. The number of rotatable bonds is 3. The second-order valence-corrected chi connectivity index (χ2v) is 8.72. The molecule has 2 aromatic rings. The van der Waals surface area contributed by atoms with Crippen LogP contribution in [0, 0.1) is 10.2 Å². The molecule has 1 saturated heterocycles. The van der Waals surface area contributed by atoms with Crippen molar-refractivity contribution in [1.82, 2.24) is 19.5 Å². The van der Waals surface area contributed by atoms with E-state index in [4.69, 9.17) is 29.1 Å². The fourth-order valence-corrected chi connectivity index (χ4v) is 3.41. The van der Waals surface area contributed by atoms with Gasteiger partial charge in [-0.2, -0.15) is 0 Å². The average Bonchev–Trinajstić information content (AvgIpc) is 3.03. The van der Waals surface area contributed by atoms with Crippen molar-refractivity contribution in [1.29, 1.82) is 0 Å². The number of hydrogen-bond donors (Lipinski definition) is 3. The van der Waals surface area contributed by atoms with Gasteiger partial charge in [0, 0.05) is 0 Å². The molecule has 0 amide bonds. The van der Waals surface area contributed by atoms with E-state index in [9.17, 15) is 10.2 Å². The summed E-state index contributed by atoms with van der Waals surface area (Å²) in [5.74, 6) is 0.963. The summed E-state index contributed by atoms with van der Waals surface area (Å²) >= 11 is 0. The average molecular weight is 412 g/mol. The van der Waals surface area contributed by atoms with E-state index in [1.54, 1.807) is 4.57 Å². The number of aromatic nitrogens is 4. The van der Waals surface area contributed by atoms with Crippen LogP contribution in [0.25, 0.3) is 11.2 Å². The zero-order valence-corrected chi connectivity index (χ0v) is 15.3. The summed E-state index contributed by atoms with van der Waals surface area (Å²) in [4.78, 5) is 12.2. The molecule has 0 saturated carbocycles. The van der Waals surface area contributed by atoms with E-state index in [0.717, 1.165) is 0 Å². The molecule has 1 fully saturated rings. The van der Waals surface area contributed by atoms with Gasteiger partial charge in [0.05, 0.1) is 18.8 Å². The number of ether oxygens (including phenoxy) is 1. The lowest BCUT2D eigenvalue weighted by molar-refractivity contribution is -2.00. The fraction of sp³-hybridized carbons (Fsp3) is 0.583. The van der Waals surface area contributed by atoms with E-state index in [2.05, 4.69) is 27.5 Å². The summed E-state index contributed by atoms with van der Waals surface area (Å²) in [6.07, 6.45) is 3.87. The van der Waals surface area contributed by atoms with Gasteiger partial charge < -0.3 is 20.7 Å². The van der Waals surface area contributed by atoms with Crippen molar-refractivity contribution in [3.05, 3.63) is 12.7 Å². The van der Waals surface area contributed by atoms with Crippen molar-refractivity contribution in [2.75, 3.05) is 24.0 Å². The fourth-order valence-electron chi connectivity index (χ4n) is 2.48. The third-order valence-electron chi connectivity index (χ3n) is 3.50. The Morgan fingerprint density at radius 2 is 1.81 bits per heavy atom. The van der Waals surface area contributed by atoms with Crippen LogP contribution in [0.15, 0.2) is 12.7 Å². The third kappa shape index (κ3) is 5.12. The van der Waals surface area contributed by atoms with Gasteiger partial charge in [-0.3, -0.25) is 4.57 Å². The SMILES string of the molecule is C[S+](C)C[C@H]1O[C@@H](n2cnc3c(N)ncnc32)[C@H](O)[C@@H]1O.[O-][Cl+3]([O-])([O-])[O-]. The number of nitrogens with two attached hydrogens (primary N) is 1. The molecule has 4 atom stereocenters. The molecule has 4 N–H and O–H groups in total. The molecule has 1 aliphatic rings. The summed E-state index contributed by atoms with van der Waals surface area (Å²) < 4.78 is 41.4.